The van der Waals surface area contributed by atoms with Crippen molar-refractivity contribution in [2.75, 3.05) is 0 Å². The number of rotatable bonds is 6. The van der Waals surface area contributed by atoms with Crippen molar-refractivity contribution in [1.82, 2.24) is 10.4 Å². The smallest absolute Gasteiger partial charge is 0.285 e. The average Bonchev–Trinajstić information content (AvgIpc) is 3.10. The Hall–Kier alpha value is -2.06. The van der Waals surface area contributed by atoms with Crippen molar-refractivity contribution < 1.29 is 14.3 Å². The molecule has 1 aliphatic heterocycles. The van der Waals surface area contributed by atoms with Gasteiger partial charge in [0.25, 0.3) is 5.91 Å². The molecule has 0 unspecified atom stereocenters. The van der Waals surface area contributed by atoms with E-state index in [0.717, 1.165) is 30.4 Å². The van der Waals surface area contributed by atoms with Gasteiger partial charge in [-0.2, -0.15) is 5.01 Å². The number of hydrogen-bond acceptors (Lipinski definition) is 5. The van der Waals surface area contributed by atoms with Crippen molar-refractivity contribution in [1.29, 1.82) is 0 Å². The molecule has 1 heterocycles. The number of carbonyl (C=O) groups is 2. The van der Waals surface area contributed by atoms with Crippen LogP contribution >= 0.6 is 47.2 Å². The fraction of sp³-hybridized carbons (Fsp3) is 0.393. The van der Waals surface area contributed by atoms with Crippen LogP contribution in [0.2, 0.25) is 10.0 Å². The van der Waals surface area contributed by atoms with Crippen molar-refractivity contribution in [2.24, 2.45) is 23.2 Å². The van der Waals surface area contributed by atoms with E-state index < -0.39 is 0 Å². The number of ether oxygens (including phenoxy) is 1. The third kappa shape index (κ3) is 5.03. The van der Waals surface area contributed by atoms with Gasteiger partial charge >= 0.3 is 0 Å². The number of nitrogens with one attached hydrogen (secondary N) is 1. The molecule has 2 amide bonds. The fourth-order valence-electron chi connectivity index (χ4n) is 6.82. The summed E-state index contributed by atoms with van der Waals surface area (Å²) in [5, 5.41) is 2.38. The van der Waals surface area contributed by atoms with Gasteiger partial charge in [-0.05, 0) is 104 Å². The van der Waals surface area contributed by atoms with Crippen LogP contribution in [0.3, 0.4) is 0 Å². The Kier molecular flexibility index (Phi) is 6.76. The summed E-state index contributed by atoms with van der Waals surface area (Å²) in [4.78, 5) is 27.1. The Morgan fingerprint density at radius 3 is 2.49 bits per heavy atom. The van der Waals surface area contributed by atoms with E-state index in [2.05, 4.69) is 5.43 Å². The summed E-state index contributed by atoms with van der Waals surface area (Å²) in [5.41, 5.74) is 4.18. The molecule has 192 valence electrons. The molecule has 2 aromatic rings. The van der Waals surface area contributed by atoms with Crippen molar-refractivity contribution >= 4 is 69.4 Å². The first-order chi connectivity index (χ1) is 17.8. The molecule has 2 aromatic carbocycles. The molecule has 4 bridgehead atoms. The molecule has 1 saturated heterocycles. The van der Waals surface area contributed by atoms with Crippen LogP contribution in [-0.4, -0.2) is 21.1 Å². The summed E-state index contributed by atoms with van der Waals surface area (Å²) in [6.07, 6.45) is 8.35. The van der Waals surface area contributed by atoms with Crippen molar-refractivity contribution in [3.05, 3.63) is 68.5 Å². The van der Waals surface area contributed by atoms with E-state index in [0.29, 0.717) is 42.8 Å². The highest BCUT2D eigenvalue weighted by molar-refractivity contribution is 8.26. The Morgan fingerprint density at radius 2 is 1.81 bits per heavy atom. The van der Waals surface area contributed by atoms with Crippen LogP contribution in [0.25, 0.3) is 6.08 Å². The SMILES string of the molecule is O=C1/C(=C\c2cccc(OCc3ccc(Cl)cc3Cl)c2)SC(=S)N1NC(=O)C12CC3CC(CC(C3)C1)C2. The quantitative estimate of drug-likeness (QED) is 0.297. The van der Waals surface area contributed by atoms with Gasteiger partial charge in [-0.3, -0.25) is 15.0 Å². The number of amides is 2. The number of halogens is 2. The first kappa shape index (κ1) is 25.2. The van der Waals surface area contributed by atoms with Gasteiger partial charge in [-0.25, -0.2) is 0 Å². The monoisotopic (exact) mass is 572 g/mol. The normalized spacial score (nSPS) is 29.3. The molecule has 0 atom stereocenters. The Bertz CT molecular complexity index is 1290. The fourth-order valence-corrected chi connectivity index (χ4v) is 8.46. The van der Waals surface area contributed by atoms with Gasteiger partial charge in [-0.15, -0.1) is 0 Å². The number of nitrogens with zero attached hydrogens (tertiary/aromatic N) is 1. The Labute approximate surface area is 235 Å². The molecule has 7 rings (SSSR count). The second-order valence-corrected chi connectivity index (χ2v) is 13.3. The maximum absolute atomic E-state index is 13.5. The summed E-state index contributed by atoms with van der Waals surface area (Å²) in [5.74, 6) is 2.24. The molecular formula is C28H26Cl2N2O3S2. The van der Waals surface area contributed by atoms with Gasteiger partial charge in [0.2, 0.25) is 5.91 Å². The zero-order chi connectivity index (χ0) is 25.7. The summed E-state index contributed by atoms with van der Waals surface area (Å²) in [7, 11) is 0. The van der Waals surface area contributed by atoms with Gasteiger partial charge in [0, 0.05) is 15.6 Å². The zero-order valence-corrected chi connectivity index (χ0v) is 23.2. The largest absolute Gasteiger partial charge is 0.489 e. The minimum absolute atomic E-state index is 0.0413. The molecule has 37 heavy (non-hydrogen) atoms. The summed E-state index contributed by atoms with van der Waals surface area (Å²) in [6.45, 7) is 0.290. The highest BCUT2D eigenvalue weighted by Gasteiger charge is 2.55. The highest BCUT2D eigenvalue weighted by atomic mass is 35.5. The number of benzene rings is 2. The van der Waals surface area contributed by atoms with Crippen molar-refractivity contribution in [3.63, 3.8) is 0 Å². The first-order valence-electron chi connectivity index (χ1n) is 12.5. The Morgan fingerprint density at radius 1 is 1.11 bits per heavy atom. The number of hydrazine groups is 1. The van der Waals surface area contributed by atoms with E-state index in [4.69, 9.17) is 40.2 Å². The molecule has 5 fully saturated rings. The van der Waals surface area contributed by atoms with Crippen LogP contribution in [0.5, 0.6) is 5.75 Å². The average molecular weight is 574 g/mol. The molecule has 5 nitrogen and oxygen atoms in total. The van der Waals surface area contributed by atoms with E-state index in [-0.39, 0.29) is 23.8 Å². The van der Waals surface area contributed by atoms with Gasteiger partial charge in [-0.1, -0.05) is 53.2 Å². The van der Waals surface area contributed by atoms with Gasteiger partial charge in [0.1, 0.15) is 12.4 Å². The maximum atomic E-state index is 13.5. The second kappa shape index (κ2) is 9.92. The van der Waals surface area contributed by atoms with E-state index >= 15 is 0 Å². The van der Waals surface area contributed by atoms with Crippen LogP contribution in [0.1, 0.15) is 49.7 Å². The molecule has 1 N–H and O–H groups in total. The molecule has 4 saturated carbocycles. The van der Waals surface area contributed by atoms with Gasteiger partial charge in [0.15, 0.2) is 4.32 Å². The molecule has 0 spiro atoms. The minimum atomic E-state index is -0.347. The van der Waals surface area contributed by atoms with Crippen molar-refractivity contribution in [3.8, 4) is 5.75 Å². The van der Waals surface area contributed by atoms with Crippen molar-refractivity contribution in [2.45, 2.75) is 45.1 Å². The standard InChI is InChI=1S/C28H26Cl2N2O3S2/c29-21-5-4-20(23(30)11-21)15-35-22-3-1-2-16(9-22)10-24-25(33)32(27(36)37-24)31-26(34)28-12-17-6-18(13-28)8-19(7-17)14-28/h1-5,9-11,17-19H,6-8,12-15H2,(H,31,34)/b24-10+. The first-order valence-corrected chi connectivity index (χ1v) is 14.5. The van der Waals surface area contributed by atoms with E-state index in [9.17, 15) is 9.59 Å². The number of hydrogen-bond donors (Lipinski definition) is 1. The molecular weight excluding hydrogens is 547 g/mol. The summed E-state index contributed by atoms with van der Waals surface area (Å²) in [6, 6.07) is 12.7. The van der Waals surface area contributed by atoms with Gasteiger partial charge in [0.05, 0.1) is 10.3 Å². The van der Waals surface area contributed by atoms with Crippen LogP contribution in [0.15, 0.2) is 47.4 Å². The minimum Gasteiger partial charge on any atom is -0.489 e. The predicted molar refractivity (Wildman–Crippen MR) is 151 cm³/mol. The third-order valence-electron chi connectivity index (χ3n) is 8.09. The van der Waals surface area contributed by atoms with Crippen LogP contribution in [0.4, 0.5) is 0 Å². The Balaban J connectivity index is 1.13. The predicted octanol–water partition coefficient (Wildman–Crippen LogP) is 7.02. The summed E-state index contributed by atoms with van der Waals surface area (Å²) >= 11 is 18.9. The number of carbonyl (C=O) groups excluding carboxylic acids is 2. The number of thioether (sulfide) groups is 1. The molecule has 0 aromatic heterocycles. The highest BCUT2D eigenvalue weighted by Crippen LogP contribution is 2.60. The van der Waals surface area contributed by atoms with Crippen LogP contribution < -0.4 is 10.2 Å². The third-order valence-corrected chi connectivity index (χ3v) is 9.98. The van der Waals surface area contributed by atoms with E-state index in [1.807, 2.05) is 30.3 Å². The lowest BCUT2D eigenvalue weighted by atomic mass is 9.49. The van der Waals surface area contributed by atoms with Crippen LogP contribution in [-0.2, 0) is 16.2 Å². The zero-order valence-electron chi connectivity index (χ0n) is 20.0. The topological polar surface area (TPSA) is 58.6 Å². The lowest BCUT2D eigenvalue weighted by Crippen LogP contribution is -2.57. The molecule has 9 heteroatoms. The number of thiocarbonyl (C=S) groups is 1. The lowest BCUT2D eigenvalue weighted by molar-refractivity contribution is -0.152. The van der Waals surface area contributed by atoms with E-state index in [1.165, 1.54) is 36.0 Å². The molecule has 0 radical (unpaired) electrons. The van der Waals surface area contributed by atoms with Crippen LogP contribution in [0, 0.1) is 23.2 Å². The lowest BCUT2D eigenvalue weighted by Gasteiger charge is -2.55. The maximum Gasteiger partial charge on any atom is 0.285 e. The van der Waals surface area contributed by atoms with E-state index in [1.54, 1.807) is 18.2 Å². The molecule has 4 aliphatic carbocycles. The van der Waals surface area contributed by atoms with Gasteiger partial charge < -0.3 is 4.74 Å². The molecule has 5 aliphatic rings. The summed E-state index contributed by atoms with van der Waals surface area (Å²) < 4.78 is 6.26. The second-order valence-electron chi connectivity index (χ2n) is 10.8.